The van der Waals surface area contributed by atoms with Crippen LogP contribution in [-0.4, -0.2) is 19.1 Å². The van der Waals surface area contributed by atoms with E-state index in [1.807, 2.05) is 0 Å². The zero-order valence-electron chi connectivity index (χ0n) is 4.40. The quantitative estimate of drug-likeness (QED) is 0.509. The second-order valence-corrected chi connectivity index (χ2v) is 1.79. The van der Waals surface area contributed by atoms with Gasteiger partial charge in [-0.05, 0) is 6.16 Å². The lowest BCUT2D eigenvalue weighted by atomic mass is 10.5. The molecule has 0 saturated carbocycles. The van der Waals surface area contributed by atoms with Crippen LogP contribution in [0.25, 0.3) is 0 Å². The molecule has 1 N–H and O–H groups in total. The van der Waals surface area contributed by atoms with Crippen molar-refractivity contribution >= 4 is 15.1 Å². The Labute approximate surface area is 45.9 Å². The molecular weight excluding hydrogens is 109 g/mol. The van der Waals surface area contributed by atoms with E-state index in [2.05, 4.69) is 14.6 Å². The molecule has 0 rings (SSSR count). The summed E-state index contributed by atoms with van der Waals surface area (Å²) in [7, 11) is 4.13. The molecule has 42 valence electrons. The molecule has 1 amide bonds. The average molecular weight is 119 g/mol. The monoisotopic (exact) mass is 119 g/mol. The highest BCUT2D eigenvalue weighted by Gasteiger charge is 1.89. The van der Waals surface area contributed by atoms with E-state index in [4.69, 9.17) is 0 Å². The first-order chi connectivity index (χ1) is 3.31. The Hall–Kier alpha value is -0.100. The minimum absolute atomic E-state index is 0.106. The maximum absolute atomic E-state index is 10.3. The molecule has 3 heteroatoms. The van der Waals surface area contributed by atoms with Gasteiger partial charge in [0.15, 0.2) is 0 Å². The molecule has 0 aromatic rings. The molecule has 1 atom stereocenters. The van der Waals surface area contributed by atoms with E-state index >= 15 is 0 Å². The SMILES string of the molecule is CNC(=O)CCP. The van der Waals surface area contributed by atoms with E-state index in [1.54, 1.807) is 7.05 Å². The van der Waals surface area contributed by atoms with Gasteiger partial charge in [-0.3, -0.25) is 4.79 Å². The van der Waals surface area contributed by atoms with Gasteiger partial charge in [0, 0.05) is 13.5 Å². The molecular formula is C4H10NOP. The number of nitrogens with one attached hydrogen (secondary N) is 1. The van der Waals surface area contributed by atoms with Crippen molar-refractivity contribution in [2.45, 2.75) is 6.42 Å². The molecule has 0 saturated heterocycles. The molecule has 2 nitrogen and oxygen atoms in total. The highest BCUT2D eigenvalue weighted by Crippen LogP contribution is 1.84. The summed E-state index contributed by atoms with van der Waals surface area (Å²) in [5.41, 5.74) is 0. The summed E-state index contributed by atoms with van der Waals surface area (Å²) in [4.78, 5) is 10.3. The van der Waals surface area contributed by atoms with Crippen molar-refractivity contribution in [1.29, 1.82) is 0 Å². The molecule has 0 heterocycles. The van der Waals surface area contributed by atoms with Crippen molar-refractivity contribution in [3.8, 4) is 0 Å². The van der Waals surface area contributed by atoms with Crippen LogP contribution in [0.3, 0.4) is 0 Å². The lowest BCUT2D eigenvalue weighted by molar-refractivity contribution is -0.120. The van der Waals surface area contributed by atoms with Gasteiger partial charge in [-0.2, -0.15) is 0 Å². The fraction of sp³-hybridized carbons (Fsp3) is 0.750. The second kappa shape index (κ2) is 4.07. The van der Waals surface area contributed by atoms with Crippen molar-refractivity contribution in [2.24, 2.45) is 0 Å². The molecule has 0 aromatic carbocycles. The molecule has 0 aliphatic rings. The van der Waals surface area contributed by atoms with Crippen LogP contribution in [0.4, 0.5) is 0 Å². The van der Waals surface area contributed by atoms with Gasteiger partial charge in [0.25, 0.3) is 0 Å². The van der Waals surface area contributed by atoms with Crippen LogP contribution >= 0.6 is 9.24 Å². The van der Waals surface area contributed by atoms with E-state index in [0.717, 1.165) is 6.16 Å². The number of hydrogen-bond acceptors (Lipinski definition) is 1. The lowest BCUT2D eigenvalue weighted by Gasteiger charge is -1.91. The largest absolute Gasteiger partial charge is 0.359 e. The third-order valence-electron chi connectivity index (χ3n) is 0.650. The first kappa shape index (κ1) is 6.90. The highest BCUT2D eigenvalue weighted by molar-refractivity contribution is 7.16. The van der Waals surface area contributed by atoms with Crippen LogP contribution in [0.5, 0.6) is 0 Å². The standard InChI is InChI=1S/C4H10NOP/c1-5-4(6)2-3-7/h2-3,7H2,1H3,(H,5,6). The van der Waals surface area contributed by atoms with E-state index in [9.17, 15) is 4.79 Å². The smallest absolute Gasteiger partial charge is 0.220 e. The van der Waals surface area contributed by atoms with Crippen LogP contribution in [0.15, 0.2) is 0 Å². The summed E-state index contributed by atoms with van der Waals surface area (Å²) in [5.74, 6) is 0.106. The Morgan fingerprint density at radius 1 is 1.86 bits per heavy atom. The Bertz CT molecular complexity index is 64.7. The normalized spacial score (nSPS) is 8.29. The predicted molar refractivity (Wildman–Crippen MR) is 33.3 cm³/mol. The Morgan fingerprint density at radius 2 is 2.43 bits per heavy atom. The van der Waals surface area contributed by atoms with Crippen molar-refractivity contribution in [1.82, 2.24) is 5.32 Å². The van der Waals surface area contributed by atoms with Crippen LogP contribution in [0, 0.1) is 0 Å². The molecule has 0 bridgehead atoms. The van der Waals surface area contributed by atoms with Crippen LogP contribution in [0.1, 0.15) is 6.42 Å². The lowest BCUT2D eigenvalue weighted by Crippen LogP contribution is -2.17. The van der Waals surface area contributed by atoms with Gasteiger partial charge in [-0.25, -0.2) is 0 Å². The number of amides is 1. The first-order valence-electron chi connectivity index (χ1n) is 2.22. The topological polar surface area (TPSA) is 29.1 Å². The number of carbonyl (C=O) groups excluding carboxylic acids is 1. The maximum atomic E-state index is 10.3. The molecule has 1 unspecified atom stereocenters. The van der Waals surface area contributed by atoms with Gasteiger partial charge < -0.3 is 5.32 Å². The summed E-state index contributed by atoms with van der Waals surface area (Å²) in [6.07, 6.45) is 1.46. The maximum Gasteiger partial charge on any atom is 0.220 e. The van der Waals surface area contributed by atoms with Gasteiger partial charge in [0.05, 0.1) is 0 Å². The molecule has 0 aliphatic heterocycles. The first-order valence-corrected chi connectivity index (χ1v) is 3.03. The van der Waals surface area contributed by atoms with E-state index in [-0.39, 0.29) is 5.91 Å². The number of rotatable bonds is 2. The number of carbonyl (C=O) groups is 1. The molecule has 0 spiro atoms. The fourth-order valence-corrected chi connectivity index (χ4v) is 0.518. The van der Waals surface area contributed by atoms with Crippen molar-refractivity contribution in [3.63, 3.8) is 0 Å². The third-order valence-corrected chi connectivity index (χ3v) is 0.939. The second-order valence-electron chi connectivity index (χ2n) is 1.21. The minimum Gasteiger partial charge on any atom is -0.359 e. The third kappa shape index (κ3) is 3.74. The summed E-state index contributed by atoms with van der Waals surface area (Å²) in [6, 6.07) is 0. The molecule has 0 fully saturated rings. The highest BCUT2D eigenvalue weighted by atomic mass is 31.0. The average Bonchev–Trinajstić information content (AvgIpc) is 1.68. The predicted octanol–water partition coefficient (Wildman–Crippen LogP) is -0.00240. The minimum atomic E-state index is 0.106. The van der Waals surface area contributed by atoms with Crippen LogP contribution < -0.4 is 5.32 Å². The van der Waals surface area contributed by atoms with Crippen molar-refractivity contribution < 1.29 is 4.79 Å². The van der Waals surface area contributed by atoms with Gasteiger partial charge in [-0.1, -0.05) is 0 Å². The zero-order valence-corrected chi connectivity index (χ0v) is 5.55. The van der Waals surface area contributed by atoms with Crippen molar-refractivity contribution in [3.05, 3.63) is 0 Å². The summed E-state index contributed by atoms with van der Waals surface area (Å²) >= 11 is 0. The van der Waals surface area contributed by atoms with Gasteiger partial charge in [0.2, 0.25) is 5.91 Å². The van der Waals surface area contributed by atoms with Gasteiger partial charge in [-0.15, -0.1) is 9.24 Å². The Balaban J connectivity index is 3.00. The summed E-state index contributed by atoms with van der Waals surface area (Å²) in [6.45, 7) is 0. The van der Waals surface area contributed by atoms with E-state index < -0.39 is 0 Å². The zero-order chi connectivity index (χ0) is 5.70. The van der Waals surface area contributed by atoms with Crippen molar-refractivity contribution in [2.75, 3.05) is 13.2 Å². The summed E-state index contributed by atoms with van der Waals surface area (Å²) < 4.78 is 0. The Morgan fingerprint density at radius 3 is 2.57 bits per heavy atom. The Kier molecular flexibility index (Phi) is 4.01. The van der Waals surface area contributed by atoms with Crippen LogP contribution in [-0.2, 0) is 4.79 Å². The molecule has 0 aliphatic carbocycles. The fourth-order valence-electron chi connectivity index (χ4n) is 0.256. The van der Waals surface area contributed by atoms with Crippen LogP contribution in [0.2, 0.25) is 0 Å². The number of hydrogen-bond donors (Lipinski definition) is 1. The molecule has 0 radical (unpaired) electrons. The molecule has 7 heavy (non-hydrogen) atoms. The molecule has 0 aromatic heterocycles. The van der Waals surface area contributed by atoms with Gasteiger partial charge in [0.1, 0.15) is 0 Å². The van der Waals surface area contributed by atoms with E-state index in [1.165, 1.54) is 0 Å². The van der Waals surface area contributed by atoms with Gasteiger partial charge >= 0.3 is 0 Å². The van der Waals surface area contributed by atoms with E-state index in [0.29, 0.717) is 6.42 Å². The summed E-state index contributed by atoms with van der Waals surface area (Å²) in [5, 5.41) is 2.51.